The van der Waals surface area contributed by atoms with Crippen LogP contribution in [0.1, 0.15) is 11.3 Å². The number of aromatic nitrogens is 1. The molecule has 1 heterocycles. The normalized spacial score (nSPS) is 10.7. The summed E-state index contributed by atoms with van der Waals surface area (Å²) in [6, 6.07) is 13.7. The Labute approximate surface area is 89.1 Å². The highest BCUT2D eigenvalue weighted by Gasteiger charge is 1.92. The first-order chi connectivity index (χ1) is 7.36. The summed E-state index contributed by atoms with van der Waals surface area (Å²) < 4.78 is 0. The van der Waals surface area contributed by atoms with Gasteiger partial charge < -0.3 is 5.73 Å². The molecule has 0 atom stereocenters. The van der Waals surface area contributed by atoms with Gasteiger partial charge in [-0.05, 0) is 23.8 Å². The maximum atomic E-state index is 5.77. The molecule has 0 fully saturated rings. The van der Waals surface area contributed by atoms with Crippen molar-refractivity contribution >= 4 is 17.8 Å². The fraction of sp³-hybridized carbons (Fsp3) is 0. The Morgan fingerprint density at radius 3 is 2.47 bits per heavy atom. The van der Waals surface area contributed by atoms with Gasteiger partial charge in [0.05, 0.1) is 11.4 Å². The van der Waals surface area contributed by atoms with E-state index < -0.39 is 0 Å². The van der Waals surface area contributed by atoms with Crippen LogP contribution in [0.25, 0.3) is 12.2 Å². The Kier molecular flexibility index (Phi) is 2.79. The van der Waals surface area contributed by atoms with Gasteiger partial charge in [-0.3, -0.25) is 4.98 Å². The number of hydrogen-bond donors (Lipinski definition) is 1. The molecule has 2 aromatic rings. The molecule has 0 bridgehead atoms. The second kappa shape index (κ2) is 4.42. The van der Waals surface area contributed by atoms with Gasteiger partial charge in [-0.15, -0.1) is 0 Å². The van der Waals surface area contributed by atoms with Crippen LogP contribution in [0.3, 0.4) is 0 Å². The van der Waals surface area contributed by atoms with Gasteiger partial charge in [-0.2, -0.15) is 0 Å². The Morgan fingerprint density at radius 2 is 1.73 bits per heavy atom. The number of nitrogen functional groups attached to an aromatic ring is 1. The largest absolute Gasteiger partial charge is 0.397 e. The van der Waals surface area contributed by atoms with Crippen LogP contribution in [0.5, 0.6) is 0 Å². The average Bonchev–Trinajstić information content (AvgIpc) is 2.29. The van der Waals surface area contributed by atoms with Crippen LogP contribution in [-0.2, 0) is 0 Å². The lowest BCUT2D eigenvalue weighted by Crippen LogP contribution is -1.90. The van der Waals surface area contributed by atoms with Crippen LogP contribution in [0.4, 0.5) is 5.69 Å². The van der Waals surface area contributed by atoms with E-state index in [1.165, 1.54) is 0 Å². The van der Waals surface area contributed by atoms with Crippen molar-refractivity contribution in [3.05, 3.63) is 59.9 Å². The molecular weight excluding hydrogens is 184 g/mol. The highest BCUT2D eigenvalue weighted by molar-refractivity contribution is 5.73. The number of hydrogen-bond acceptors (Lipinski definition) is 2. The number of pyridine rings is 1. The molecule has 0 saturated carbocycles. The topological polar surface area (TPSA) is 38.9 Å². The molecular formula is C13H12N2. The summed E-state index contributed by atoms with van der Waals surface area (Å²) in [7, 11) is 0. The Bertz CT molecular complexity index is 461. The van der Waals surface area contributed by atoms with E-state index in [1.807, 2.05) is 54.6 Å². The van der Waals surface area contributed by atoms with E-state index in [0.29, 0.717) is 5.69 Å². The van der Waals surface area contributed by atoms with Crippen molar-refractivity contribution in [3.63, 3.8) is 0 Å². The third-order valence-corrected chi connectivity index (χ3v) is 2.10. The predicted octanol–water partition coefficient (Wildman–Crippen LogP) is 2.83. The minimum absolute atomic E-state index is 0.699. The summed E-state index contributed by atoms with van der Waals surface area (Å²) >= 11 is 0. The lowest BCUT2D eigenvalue weighted by atomic mass is 10.2. The molecule has 0 saturated heterocycles. The molecule has 2 heteroatoms. The molecule has 0 spiro atoms. The van der Waals surface area contributed by atoms with Crippen molar-refractivity contribution in [1.82, 2.24) is 4.98 Å². The second-order valence-electron chi connectivity index (χ2n) is 3.22. The SMILES string of the molecule is Nc1cccnc1/C=C/c1ccccc1. The van der Waals surface area contributed by atoms with E-state index in [0.717, 1.165) is 11.3 Å². The van der Waals surface area contributed by atoms with Crippen molar-refractivity contribution in [2.45, 2.75) is 0 Å². The zero-order valence-corrected chi connectivity index (χ0v) is 8.30. The summed E-state index contributed by atoms with van der Waals surface area (Å²) in [6.45, 7) is 0. The molecule has 0 amide bonds. The minimum Gasteiger partial charge on any atom is -0.397 e. The van der Waals surface area contributed by atoms with E-state index in [4.69, 9.17) is 5.73 Å². The van der Waals surface area contributed by atoms with Gasteiger partial charge in [-0.25, -0.2) is 0 Å². The van der Waals surface area contributed by atoms with Gasteiger partial charge in [0, 0.05) is 6.20 Å². The molecule has 0 unspecified atom stereocenters. The molecule has 15 heavy (non-hydrogen) atoms. The van der Waals surface area contributed by atoms with Crippen molar-refractivity contribution in [2.24, 2.45) is 0 Å². The maximum Gasteiger partial charge on any atom is 0.0859 e. The zero-order chi connectivity index (χ0) is 10.5. The summed E-state index contributed by atoms with van der Waals surface area (Å²) in [4.78, 5) is 4.18. The minimum atomic E-state index is 0.699. The summed E-state index contributed by atoms with van der Waals surface area (Å²) in [6.07, 6.45) is 5.66. The van der Waals surface area contributed by atoms with E-state index >= 15 is 0 Å². The van der Waals surface area contributed by atoms with Crippen LogP contribution in [0.15, 0.2) is 48.7 Å². The molecule has 0 aliphatic heterocycles. The first-order valence-corrected chi connectivity index (χ1v) is 4.80. The van der Waals surface area contributed by atoms with E-state index in [-0.39, 0.29) is 0 Å². The fourth-order valence-corrected chi connectivity index (χ4v) is 1.31. The second-order valence-corrected chi connectivity index (χ2v) is 3.22. The van der Waals surface area contributed by atoms with Crippen LogP contribution in [0.2, 0.25) is 0 Å². The quantitative estimate of drug-likeness (QED) is 0.802. The van der Waals surface area contributed by atoms with E-state index in [2.05, 4.69) is 4.98 Å². The third kappa shape index (κ3) is 2.44. The number of nitrogens with two attached hydrogens (primary N) is 1. The molecule has 0 aliphatic carbocycles. The van der Waals surface area contributed by atoms with Crippen molar-refractivity contribution in [1.29, 1.82) is 0 Å². The first-order valence-electron chi connectivity index (χ1n) is 4.80. The van der Waals surface area contributed by atoms with Crippen molar-refractivity contribution in [2.75, 3.05) is 5.73 Å². The fourth-order valence-electron chi connectivity index (χ4n) is 1.31. The summed E-state index contributed by atoms with van der Waals surface area (Å²) in [5, 5.41) is 0. The number of nitrogens with zero attached hydrogens (tertiary/aromatic N) is 1. The Morgan fingerprint density at radius 1 is 0.933 bits per heavy atom. The highest BCUT2D eigenvalue weighted by atomic mass is 14.7. The van der Waals surface area contributed by atoms with Gasteiger partial charge in [0.1, 0.15) is 0 Å². The predicted molar refractivity (Wildman–Crippen MR) is 64.0 cm³/mol. The Balaban J connectivity index is 2.23. The first kappa shape index (κ1) is 9.46. The standard InChI is InChI=1S/C13H12N2/c14-12-7-4-10-15-13(12)9-8-11-5-2-1-3-6-11/h1-10H,14H2/b9-8+. The van der Waals surface area contributed by atoms with Gasteiger partial charge in [0.15, 0.2) is 0 Å². The highest BCUT2D eigenvalue weighted by Crippen LogP contribution is 2.11. The lowest BCUT2D eigenvalue weighted by molar-refractivity contribution is 1.30. The average molecular weight is 196 g/mol. The van der Waals surface area contributed by atoms with E-state index in [1.54, 1.807) is 6.20 Å². The summed E-state index contributed by atoms with van der Waals surface area (Å²) in [5.41, 5.74) is 8.42. The van der Waals surface area contributed by atoms with Crippen LogP contribution < -0.4 is 5.73 Å². The summed E-state index contributed by atoms with van der Waals surface area (Å²) in [5.74, 6) is 0. The molecule has 2 nitrogen and oxygen atoms in total. The van der Waals surface area contributed by atoms with Crippen LogP contribution in [0, 0.1) is 0 Å². The maximum absolute atomic E-state index is 5.77. The molecule has 2 rings (SSSR count). The molecule has 1 aromatic carbocycles. The van der Waals surface area contributed by atoms with Gasteiger partial charge in [0.2, 0.25) is 0 Å². The number of rotatable bonds is 2. The van der Waals surface area contributed by atoms with Crippen molar-refractivity contribution in [3.8, 4) is 0 Å². The van der Waals surface area contributed by atoms with Crippen molar-refractivity contribution < 1.29 is 0 Å². The van der Waals surface area contributed by atoms with E-state index in [9.17, 15) is 0 Å². The van der Waals surface area contributed by atoms with Crippen LogP contribution >= 0.6 is 0 Å². The number of anilines is 1. The van der Waals surface area contributed by atoms with Gasteiger partial charge in [-0.1, -0.05) is 36.4 Å². The monoisotopic (exact) mass is 196 g/mol. The Hall–Kier alpha value is -2.09. The third-order valence-electron chi connectivity index (χ3n) is 2.10. The zero-order valence-electron chi connectivity index (χ0n) is 8.30. The van der Waals surface area contributed by atoms with Crippen LogP contribution in [-0.4, -0.2) is 4.98 Å². The molecule has 0 aliphatic rings. The number of benzene rings is 1. The molecule has 0 radical (unpaired) electrons. The van der Waals surface area contributed by atoms with Gasteiger partial charge >= 0.3 is 0 Å². The molecule has 2 N–H and O–H groups in total. The smallest absolute Gasteiger partial charge is 0.0859 e. The molecule has 74 valence electrons. The van der Waals surface area contributed by atoms with Gasteiger partial charge in [0.25, 0.3) is 0 Å². The molecule has 1 aromatic heterocycles. The lowest BCUT2D eigenvalue weighted by Gasteiger charge is -1.97.